The van der Waals surface area contributed by atoms with Gasteiger partial charge in [-0.1, -0.05) is 6.92 Å². The van der Waals surface area contributed by atoms with Crippen LogP contribution in [0, 0.1) is 0 Å². The fourth-order valence-electron chi connectivity index (χ4n) is 2.07. The van der Waals surface area contributed by atoms with Gasteiger partial charge in [0.15, 0.2) is 0 Å². The fraction of sp³-hybridized carbons (Fsp3) is 0.278. The molecule has 0 fully saturated rings. The summed E-state index contributed by atoms with van der Waals surface area (Å²) in [6.45, 7) is 3.91. The molecule has 0 bridgehead atoms. The van der Waals surface area contributed by atoms with Crippen molar-refractivity contribution in [2.75, 3.05) is 11.8 Å². The Kier molecular flexibility index (Phi) is 6.03. The Morgan fingerprint density at radius 3 is 2.20 bits per heavy atom. The van der Waals surface area contributed by atoms with Gasteiger partial charge >= 0.3 is 0 Å². The van der Waals surface area contributed by atoms with Crippen LogP contribution in [0.1, 0.15) is 30.6 Å². The van der Waals surface area contributed by atoms with E-state index in [4.69, 9.17) is 4.74 Å². The second kappa shape index (κ2) is 8.02. The van der Waals surface area contributed by atoms with Gasteiger partial charge in [0.05, 0.1) is 12.0 Å². The van der Waals surface area contributed by atoms with Crippen LogP contribution in [0.4, 0.5) is 5.69 Å². The zero-order chi connectivity index (χ0) is 18.4. The van der Waals surface area contributed by atoms with E-state index in [1.165, 1.54) is 19.2 Å². The second-order valence-electron chi connectivity index (χ2n) is 5.64. The molecule has 25 heavy (non-hydrogen) atoms. The van der Waals surface area contributed by atoms with Crippen molar-refractivity contribution in [2.24, 2.45) is 0 Å². The maximum absolute atomic E-state index is 12.4. The Morgan fingerprint density at radius 1 is 1.08 bits per heavy atom. The molecule has 6 nitrogen and oxygen atoms in total. The summed E-state index contributed by atoms with van der Waals surface area (Å²) in [5.74, 6) is 0.398. The molecule has 0 saturated carbocycles. The molecular formula is C18H22N2O4S. The number of methoxy groups -OCH3 is 1. The van der Waals surface area contributed by atoms with Crippen LogP contribution in [-0.4, -0.2) is 27.5 Å². The Morgan fingerprint density at radius 2 is 1.68 bits per heavy atom. The summed E-state index contributed by atoms with van der Waals surface area (Å²) < 4.78 is 32.3. The zero-order valence-corrected chi connectivity index (χ0v) is 15.3. The molecule has 1 atom stereocenters. The minimum absolute atomic E-state index is 0.0840. The number of hydrogen-bond acceptors (Lipinski definition) is 4. The highest BCUT2D eigenvalue weighted by atomic mass is 32.2. The van der Waals surface area contributed by atoms with E-state index < -0.39 is 10.0 Å². The smallest absolute Gasteiger partial charge is 0.261 e. The summed E-state index contributed by atoms with van der Waals surface area (Å²) in [6, 6.07) is 12.5. The number of hydrogen-bond donors (Lipinski definition) is 2. The molecule has 2 N–H and O–H groups in total. The highest BCUT2D eigenvalue weighted by Gasteiger charge is 2.15. The average molecular weight is 362 g/mol. The number of rotatable bonds is 7. The van der Waals surface area contributed by atoms with Crippen LogP contribution >= 0.6 is 0 Å². The van der Waals surface area contributed by atoms with Crippen LogP contribution < -0.4 is 14.8 Å². The first kappa shape index (κ1) is 18.8. The second-order valence-corrected chi connectivity index (χ2v) is 7.32. The van der Waals surface area contributed by atoms with Crippen molar-refractivity contribution in [2.45, 2.75) is 31.2 Å². The van der Waals surface area contributed by atoms with Crippen LogP contribution in [0.15, 0.2) is 53.4 Å². The summed E-state index contributed by atoms with van der Waals surface area (Å²) in [4.78, 5) is 12.2. The summed E-state index contributed by atoms with van der Waals surface area (Å²) in [6.07, 6.45) is 0.839. The van der Waals surface area contributed by atoms with Crippen molar-refractivity contribution < 1.29 is 17.9 Å². The van der Waals surface area contributed by atoms with Gasteiger partial charge in [-0.15, -0.1) is 0 Å². The molecule has 0 radical (unpaired) electrons. The lowest BCUT2D eigenvalue weighted by Crippen LogP contribution is -2.31. The Labute approximate surface area is 148 Å². The third-order valence-corrected chi connectivity index (χ3v) is 5.16. The number of nitrogens with one attached hydrogen (secondary N) is 2. The normalized spacial score (nSPS) is 12.3. The van der Waals surface area contributed by atoms with Gasteiger partial charge in [-0.2, -0.15) is 0 Å². The molecule has 2 aromatic carbocycles. The number of carbonyl (C=O) groups is 1. The minimum atomic E-state index is -3.70. The predicted molar refractivity (Wildman–Crippen MR) is 97.5 cm³/mol. The van der Waals surface area contributed by atoms with Crippen LogP contribution in [0.3, 0.4) is 0 Å². The first-order chi connectivity index (χ1) is 11.9. The number of amides is 1. The van der Waals surface area contributed by atoms with Crippen molar-refractivity contribution in [3.8, 4) is 5.75 Å². The van der Waals surface area contributed by atoms with Gasteiger partial charge < -0.3 is 10.1 Å². The molecule has 0 heterocycles. The zero-order valence-electron chi connectivity index (χ0n) is 14.4. The van der Waals surface area contributed by atoms with Gasteiger partial charge in [-0.05, 0) is 61.9 Å². The monoisotopic (exact) mass is 362 g/mol. The highest BCUT2D eigenvalue weighted by molar-refractivity contribution is 7.92. The molecule has 0 spiro atoms. The van der Waals surface area contributed by atoms with Crippen molar-refractivity contribution in [1.29, 1.82) is 0 Å². The van der Waals surface area contributed by atoms with Crippen LogP contribution in [0.25, 0.3) is 0 Å². The predicted octanol–water partition coefficient (Wildman–Crippen LogP) is 3.02. The molecule has 0 aliphatic carbocycles. The van der Waals surface area contributed by atoms with Gasteiger partial charge in [-0.25, -0.2) is 8.42 Å². The maximum Gasteiger partial charge on any atom is 0.261 e. The topological polar surface area (TPSA) is 84.5 Å². The summed E-state index contributed by atoms with van der Waals surface area (Å²) in [7, 11) is -2.19. The van der Waals surface area contributed by atoms with E-state index in [0.29, 0.717) is 17.0 Å². The average Bonchev–Trinajstić information content (AvgIpc) is 2.61. The van der Waals surface area contributed by atoms with Gasteiger partial charge in [0.25, 0.3) is 15.9 Å². The third-order valence-electron chi connectivity index (χ3n) is 3.76. The number of benzene rings is 2. The Balaban J connectivity index is 2.10. The van der Waals surface area contributed by atoms with Gasteiger partial charge in [-0.3, -0.25) is 9.52 Å². The lowest BCUT2D eigenvalue weighted by molar-refractivity contribution is 0.0939. The van der Waals surface area contributed by atoms with E-state index in [2.05, 4.69) is 10.0 Å². The van der Waals surface area contributed by atoms with E-state index in [0.717, 1.165) is 6.42 Å². The van der Waals surface area contributed by atoms with E-state index in [1.54, 1.807) is 36.4 Å². The molecule has 7 heteroatoms. The number of ether oxygens (including phenoxy) is 1. The lowest BCUT2D eigenvalue weighted by atomic mass is 10.1. The van der Waals surface area contributed by atoms with E-state index in [1.807, 2.05) is 13.8 Å². The minimum Gasteiger partial charge on any atom is -0.497 e. The van der Waals surface area contributed by atoms with Crippen LogP contribution in [0.5, 0.6) is 5.75 Å². The molecule has 0 aromatic heterocycles. The van der Waals surface area contributed by atoms with Crippen LogP contribution in [-0.2, 0) is 10.0 Å². The van der Waals surface area contributed by atoms with E-state index >= 15 is 0 Å². The first-order valence-electron chi connectivity index (χ1n) is 7.93. The number of sulfonamides is 1. The third kappa shape index (κ3) is 4.96. The maximum atomic E-state index is 12.4. The van der Waals surface area contributed by atoms with Gasteiger partial charge in [0, 0.05) is 17.3 Å². The molecule has 2 aromatic rings. The fourth-order valence-corrected chi connectivity index (χ4v) is 3.13. The molecule has 2 rings (SSSR count). The molecule has 0 aliphatic heterocycles. The van der Waals surface area contributed by atoms with Crippen molar-refractivity contribution >= 4 is 21.6 Å². The summed E-state index contributed by atoms with van der Waals surface area (Å²) >= 11 is 0. The molecule has 0 saturated heterocycles. The molecule has 0 unspecified atom stereocenters. The first-order valence-corrected chi connectivity index (χ1v) is 9.42. The molecular weight excluding hydrogens is 340 g/mol. The highest BCUT2D eigenvalue weighted by Crippen LogP contribution is 2.19. The largest absolute Gasteiger partial charge is 0.497 e. The van der Waals surface area contributed by atoms with Gasteiger partial charge in [0.1, 0.15) is 5.75 Å². The van der Waals surface area contributed by atoms with Gasteiger partial charge in [0.2, 0.25) is 0 Å². The van der Waals surface area contributed by atoms with E-state index in [-0.39, 0.29) is 16.8 Å². The number of anilines is 1. The molecule has 0 aliphatic rings. The Hall–Kier alpha value is -2.54. The van der Waals surface area contributed by atoms with Crippen molar-refractivity contribution in [3.05, 3.63) is 54.1 Å². The molecule has 134 valence electrons. The Bertz CT molecular complexity index is 815. The summed E-state index contributed by atoms with van der Waals surface area (Å²) in [5, 5.41) is 2.86. The van der Waals surface area contributed by atoms with E-state index in [9.17, 15) is 13.2 Å². The molecule has 1 amide bonds. The van der Waals surface area contributed by atoms with Crippen molar-refractivity contribution in [3.63, 3.8) is 0 Å². The quantitative estimate of drug-likeness (QED) is 0.793. The standard InChI is InChI=1S/C18H22N2O4S/c1-4-13(2)19-18(21)14-5-7-15(8-6-14)20-25(22,23)17-11-9-16(24-3)10-12-17/h5-13,20H,4H2,1-3H3,(H,19,21)/t13-/m1/s1. The summed E-state index contributed by atoms with van der Waals surface area (Å²) in [5.41, 5.74) is 0.864. The van der Waals surface area contributed by atoms with Crippen molar-refractivity contribution in [1.82, 2.24) is 5.32 Å². The number of carbonyl (C=O) groups excluding carboxylic acids is 1. The lowest BCUT2D eigenvalue weighted by Gasteiger charge is -2.12. The SMILES string of the molecule is CC[C@@H](C)NC(=O)c1ccc(NS(=O)(=O)c2ccc(OC)cc2)cc1. The van der Waals surface area contributed by atoms with Crippen LogP contribution in [0.2, 0.25) is 0 Å².